The molecule has 0 fully saturated rings. The van der Waals surface area contributed by atoms with Crippen molar-refractivity contribution in [2.75, 3.05) is 6.61 Å². The van der Waals surface area contributed by atoms with Crippen molar-refractivity contribution >= 4 is 0 Å². The van der Waals surface area contributed by atoms with Crippen molar-refractivity contribution in [3.05, 3.63) is 90.8 Å². The fourth-order valence-corrected chi connectivity index (χ4v) is 3.01. The van der Waals surface area contributed by atoms with E-state index in [0.717, 1.165) is 40.0 Å². The van der Waals surface area contributed by atoms with E-state index < -0.39 is 0 Å². The lowest BCUT2D eigenvalue weighted by atomic mass is 9.91. The van der Waals surface area contributed by atoms with Gasteiger partial charge in [0, 0.05) is 5.56 Å². The average Bonchev–Trinajstić information content (AvgIpc) is 2.65. The first kappa shape index (κ1) is 17.0. The van der Waals surface area contributed by atoms with Crippen LogP contribution in [-0.4, -0.2) is 6.61 Å². The molecular weight excluding hydrogens is 311 g/mol. The molecule has 0 bridgehead atoms. The average molecular weight is 332 g/mol. The van der Waals surface area contributed by atoms with Gasteiger partial charge < -0.3 is 4.74 Å². The molecule has 0 N–H and O–H groups in total. The van der Waals surface area contributed by atoms with Crippen LogP contribution in [0.4, 0.5) is 4.39 Å². The summed E-state index contributed by atoms with van der Waals surface area (Å²) in [6.07, 6.45) is 2.59. The molecule has 3 rings (SSSR count). The minimum absolute atomic E-state index is 0.245. The van der Waals surface area contributed by atoms with E-state index in [9.17, 15) is 4.39 Å². The number of benzene rings is 3. The Kier molecular flexibility index (Phi) is 5.30. The molecule has 0 aromatic heterocycles. The first-order valence-electron chi connectivity index (χ1n) is 8.45. The Labute approximate surface area is 148 Å². The Morgan fingerprint density at radius 1 is 0.920 bits per heavy atom. The molecule has 126 valence electrons. The summed E-state index contributed by atoms with van der Waals surface area (Å²) in [5, 5.41) is 0. The molecule has 0 saturated carbocycles. The monoisotopic (exact) mass is 332 g/mol. The summed E-state index contributed by atoms with van der Waals surface area (Å²) in [6.45, 7) is 6.39. The molecule has 0 radical (unpaired) electrons. The lowest BCUT2D eigenvalue weighted by molar-refractivity contribution is 0.339. The van der Waals surface area contributed by atoms with Crippen LogP contribution < -0.4 is 4.74 Å². The second-order valence-electron chi connectivity index (χ2n) is 5.78. The van der Waals surface area contributed by atoms with E-state index in [1.54, 1.807) is 12.1 Å². The minimum Gasteiger partial charge on any atom is -0.493 e. The van der Waals surface area contributed by atoms with Crippen LogP contribution in [0.15, 0.2) is 79.4 Å². The smallest absolute Gasteiger partial charge is 0.131 e. The van der Waals surface area contributed by atoms with Crippen LogP contribution in [0.2, 0.25) is 0 Å². The highest BCUT2D eigenvalue weighted by molar-refractivity contribution is 5.88. The standard InChI is InChI=1S/C23H21FO/c1-3-8-19-13-16-21(17-9-6-5-7-10-17)22(23(19)25-4-2)18-11-14-20(24)15-12-18/h3,5-7,9-16H,1,4,8H2,2H3. The summed E-state index contributed by atoms with van der Waals surface area (Å²) in [6, 6.07) is 20.9. The summed E-state index contributed by atoms with van der Waals surface area (Å²) in [4.78, 5) is 0. The molecule has 2 heteroatoms. The zero-order valence-electron chi connectivity index (χ0n) is 14.3. The van der Waals surface area contributed by atoms with E-state index in [-0.39, 0.29) is 5.82 Å². The van der Waals surface area contributed by atoms with Gasteiger partial charge in [0.25, 0.3) is 0 Å². The summed E-state index contributed by atoms with van der Waals surface area (Å²) >= 11 is 0. The second kappa shape index (κ2) is 7.80. The van der Waals surface area contributed by atoms with Gasteiger partial charge in [0.1, 0.15) is 11.6 Å². The van der Waals surface area contributed by atoms with Gasteiger partial charge in [0.15, 0.2) is 0 Å². The number of allylic oxidation sites excluding steroid dienone is 1. The van der Waals surface area contributed by atoms with Gasteiger partial charge in [0.05, 0.1) is 6.61 Å². The van der Waals surface area contributed by atoms with Crippen molar-refractivity contribution in [3.8, 4) is 28.0 Å². The van der Waals surface area contributed by atoms with E-state index in [0.29, 0.717) is 6.61 Å². The quantitative estimate of drug-likeness (QED) is 0.482. The van der Waals surface area contributed by atoms with E-state index in [4.69, 9.17) is 4.74 Å². The van der Waals surface area contributed by atoms with Crippen molar-refractivity contribution < 1.29 is 9.13 Å². The van der Waals surface area contributed by atoms with E-state index in [1.165, 1.54) is 12.1 Å². The van der Waals surface area contributed by atoms with Crippen molar-refractivity contribution in [1.29, 1.82) is 0 Å². The molecule has 0 spiro atoms. The molecule has 1 nitrogen and oxygen atoms in total. The number of hydrogen-bond donors (Lipinski definition) is 0. The van der Waals surface area contributed by atoms with Crippen molar-refractivity contribution in [3.63, 3.8) is 0 Å². The normalized spacial score (nSPS) is 10.5. The van der Waals surface area contributed by atoms with Gasteiger partial charge in [-0.05, 0) is 47.7 Å². The molecule has 0 aliphatic rings. The maximum Gasteiger partial charge on any atom is 0.131 e. The highest BCUT2D eigenvalue weighted by Gasteiger charge is 2.17. The molecule has 0 heterocycles. The summed E-state index contributed by atoms with van der Waals surface area (Å²) in [7, 11) is 0. The molecule has 0 aliphatic heterocycles. The first-order valence-corrected chi connectivity index (χ1v) is 8.45. The Balaban J connectivity index is 2.29. The highest BCUT2D eigenvalue weighted by Crippen LogP contribution is 2.42. The van der Waals surface area contributed by atoms with Crippen molar-refractivity contribution in [1.82, 2.24) is 0 Å². The number of ether oxygens (including phenoxy) is 1. The van der Waals surface area contributed by atoms with Gasteiger partial charge in [-0.3, -0.25) is 0 Å². The number of halogens is 1. The Morgan fingerprint density at radius 2 is 1.64 bits per heavy atom. The maximum absolute atomic E-state index is 13.4. The third kappa shape index (κ3) is 3.63. The summed E-state index contributed by atoms with van der Waals surface area (Å²) < 4.78 is 19.5. The Morgan fingerprint density at radius 3 is 2.28 bits per heavy atom. The Bertz CT molecular complexity index is 851. The third-order valence-electron chi connectivity index (χ3n) is 4.11. The SMILES string of the molecule is C=CCc1ccc(-c2ccccc2)c(-c2ccc(F)cc2)c1OCC. The first-order chi connectivity index (χ1) is 12.2. The molecular formula is C23H21FO. The van der Waals surface area contributed by atoms with Crippen LogP contribution in [0.1, 0.15) is 12.5 Å². The van der Waals surface area contributed by atoms with Crippen LogP contribution >= 0.6 is 0 Å². The lowest BCUT2D eigenvalue weighted by Crippen LogP contribution is -2.00. The van der Waals surface area contributed by atoms with Gasteiger partial charge in [-0.15, -0.1) is 6.58 Å². The molecule has 0 amide bonds. The Hall–Kier alpha value is -2.87. The molecule has 3 aromatic rings. The zero-order chi connectivity index (χ0) is 17.6. The second-order valence-corrected chi connectivity index (χ2v) is 5.78. The summed E-state index contributed by atoms with van der Waals surface area (Å²) in [5.41, 5.74) is 5.19. The van der Waals surface area contributed by atoms with Gasteiger partial charge in [0.2, 0.25) is 0 Å². The van der Waals surface area contributed by atoms with Gasteiger partial charge >= 0.3 is 0 Å². The minimum atomic E-state index is -0.245. The van der Waals surface area contributed by atoms with Crippen LogP contribution in [0.3, 0.4) is 0 Å². The fourth-order valence-electron chi connectivity index (χ4n) is 3.01. The molecule has 25 heavy (non-hydrogen) atoms. The van der Waals surface area contributed by atoms with Gasteiger partial charge in [-0.1, -0.05) is 60.7 Å². The van der Waals surface area contributed by atoms with Gasteiger partial charge in [-0.25, -0.2) is 4.39 Å². The fraction of sp³-hybridized carbons (Fsp3) is 0.130. The third-order valence-corrected chi connectivity index (χ3v) is 4.11. The topological polar surface area (TPSA) is 9.23 Å². The van der Waals surface area contributed by atoms with Crippen LogP contribution in [-0.2, 0) is 6.42 Å². The molecule has 0 saturated heterocycles. The zero-order valence-corrected chi connectivity index (χ0v) is 14.3. The molecule has 3 aromatic carbocycles. The highest BCUT2D eigenvalue weighted by atomic mass is 19.1. The van der Waals surface area contributed by atoms with Crippen molar-refractivity contribution in [2.45, 2.75) is 13.3 Å². The maximum atomic E-state index is 13.4. The van der Waals surface area contributed by atoms with E-state index in [2.05, 4.69) is 30.8 Å². The van der Waals surface area contributed by atoms with E-state index >= 15 is 0 Å². The van der Waals surface area contributed by atoms with Gasteiger partial charge in [-0.2, -0.15) is 0 Å². The molecule has 0 aliphatic carbocycles. The van der Waals surface area contributed by atoms with E-state index in [1.807, 2.05) is 31.2 Å². The van der Waals surface area contributed by atoms with Crippen LogP contribution in [0.25, 0.3) is 22.3 Å². The summed E-state index contributed by atoms with van der Waals surface area (Å²) in [5.74, 6) is 0.598. The largest absolute Gasteiger partial charge is 0.493 e. The number of hydrogen-bond acceptors (Lipinski definition) is 1. The van der Waals surface area contributed by atoms with Crippen molar-refractivity contribution in [2.24, 2.45) is 0 Å². The number of rotatable bonds is 6. The predicted octanol–water partition coefficient (Wildman–Crippen LogP) is 6.29. The predicted molar refractivity (Wildman–Crippen MR) is 102 cm³/mol. The molecule has 0 unspecified atom stereocenters. The lowest BCUT2D eigenvalue weighted by Gasteiger charge is -2.19. The van der Waals surface area contributed by atoms with Crippen LogP contribution in [0, 0.1) is 5.82 Å². The molecule has 0 atom stereocenters. The van der Waals surface area contributed by atoms with Crippen LogP contribution in [0.5, 0.6) is 5.75 Å².